The van der Waals surface area contributed by atoms with E-state index in [4.69, 9.17) is 11.6 Å². The molecule has 0 atom stereocenters. The summed E-state index contributed by atoms with van der Waals surface area (Å²) in [6, 6.07) is 4.17. The molecular formula is C14H17ClN2. The molecule has 1 fully saturated rings. The van der Waals surface area contributed by atoms with E-state index in [2.05, 4.69) is 34.6 Å². The van der Waals surface area contributed by atoms with E-state index in [0.717, 1.165) is 11.3 Å². The average Bonchev–Trinajstić information content (AvgIpc) is 2.69. The summed E-state index contributed by atoms with van der Waals surface area (Å²) in [6.07, 6.45) is 8.61. The fourth-order valence-corrected chi connectivity index (χ4v) is 3.25. The lowest BCUT2D eigenvalue weighted by Crippen LogP contribution is -2.08. The predicted molar refractivity (Wildman–Crippen MR) is 70.8 cm³/mol. The molecule has 2 nitrogen and oxygen atoms in total. The summed E-state index contributed by atoms with van der Waals surface area (Å²) in [7, 11) is 0. The Balaban J connectivity index is 2.13. The molecule has 17 heavy (non-hydrogen) atoms. The molecular weight excluding hydrogens is 232 g/mol. The monoisotopic (exact) mass is 248 g/mol. The van der Waals surface area contributed by atoms with E-state index in [1.165, 1.54) is 37.7 Å². The lowest BCUT2D eigenvalue weighted by Gasteiger charge is -2.20. The second-order valence-corrected chi connectivity index (χ2v) is 5.36. The number of rotatable bonds is 1. The van der Waals surface area contributed by atoms with Crippen LogP contribution < -0.4 is 0 Å². The van der Waals surface area contributed by atoms with E-state index < -0.39 is 0 Å². The van der Waals surface area contributed by atoms with Crippen molar-refractivity contribution in [2.75, 3.05) is 0 Å². The standard InChI is InChI=1S/C14H17ClN2/c1-10-6-5-9-17-12(10)13(15)16-14(17)11-7-3-2-4-8-11/h5-6,9,11H,2-4,7-8H2,1H3. The van der Waals surface area contributed by atoms with Gasteiger partial charge in [0.15, 0.2) is 5.15 Å². The van der Waals surface area contributed by atoms with Gasteiger partial charge in [0.2, 0.25) is 0 Å². The van der Waals surface area contributed by atoms with E-state index in [0.29, 0.717) is 11.1 Å². The largest absolute Gasteiger partial charge is 0.302 e. The Morgan fingerprint density at radius 3 is 2.82 bits per heavy atom. The molecule has 0 aliphatic heterocycles. The quantitative estimate of drug-likeness (QED) is 0.734. The van der Waals surface area contributed by atoms with Crippen molar-refractivity contribution in [3.05, 3.63) is 34.9 Å². The first-order chi connectivity index (χ1) is 8.27. The van der Waals surface area contributed by atoms with Crippen molar-refractivity contribution in [2.24, 2.45) is 0 Å². The van der Waals surface area contributed by atoms with Crippen molar-refractivity contribution in [2.45, 2.75) is 44.9 Å². The molecule has 0 unspecified atom stereocenters. The van der Waals surface area contributed by atoms with E-state index in [-0.39, 0.29) is 0 Å². The van der Waals surface area contributed by atoms with Gasteiger partial charge in [-0.3, -0.25) is 0 Å². The van der Waals surface area contributed by atoms with Crippen LogP contribution in [0.3, 0.4) is 0 Å². The van der Waals surface area contributed by atoms with Gasteiger partial charge in [-0.25, -0.2) is 4.98 Å². The topological polar surface area (TPSA) is 17.3 Å². The van der Waals surface area contributed by atoms with Crippen molar-refractivity contribution in [3.63, 3.8) is 0 Å². The number of nitrogens with zero attached hydrogens (tertiary/aromatic N) is 2. The van der Waals surface area contributed by atoms with Gasteiger partial charge < -0.3 is 4.40 Å². The zero-order valence-electron chi connectivity index (χ0n) is 10.1. The zero-order valence-corrected chi connectivity index (χ0v) is 10.9. The molecule has 0 radical (unpaired) electrons. The minimum atomic E-state index is 0.588. The van der Waals surface area contributed by atoms with Crippen LogP contribution in [0.5, 0.6) is 0 Å². The number of aryl methyl sites for hydroxylation is 1. The van der Waals surface area contributed by atoms with Crippen molar-refractivity contribution in [1.82, 2.24) is 9.38 Å². The molecule has 3 heteroatoms. The molecule has 0 bridgehead atoms. The van der Waals surface area contributed by atoms with E-state index in [1.54, 1.807) is 0 Å². The van der Waals surface area contributed by atoms with Crippen LogP contribution in [0.2, 0.25) is 5.15 Å². The van der Waals surface area contributed by atoms with Crippen LogP contribution in [0.25, 0.3) is 5.52 Å². The first kappa shape index (κ1) is 11.1. The van der Waals surface area contributed by atoms with Gasteiger partial charge in [0, 0.05) is 12.1 Å². The maximum Gasteiger partial charge on any atom is 0.155 e. The Hall–Kier alpha value is -1.02. The van der Waals surface area contributed by atoms with Gasteiger partial charge >= 0.3 is 0 Å². The van der Waals surface area contributed by atoms with Gasteiger partial charge in [0.25, 0.3) is 0 Å². The molecule has 1 saturated carbocycles. The van der Waals surface area contributed by atoms with Gasteiger partial charge in [0.1, 0.15) is 5.82 Å². The lowest BCUT2D eigenvalue weighted by atomic mass is 9.89. The van der Waals surface area contributed by atoms with Crippen molar-refractivity contribution < 1.29 is 0 Å². The SMILES string of the molecule is Cc1cccn2c(C3CCCCC3)nc(Cl)c12. The molecule has 2 heterocycles. The smallest absolute Gasteiger partial charge is 0.155 e. The van der Waals surface area contributed by atoms with Crippen LogP contribution in [-0.2, 0) is 0 Å². The average molecular weight is 249 g/mol. The first-order valence-corrected chi connectivity index (χ1v) is 6.78. The van der Waals surface area contributed by atoms with Gasteiger partial charge in [-0.05, 0) is 31.4 Å². The first-order valence-electron chi connectivity index (χ1n) is 6.40. The fourth-order valence-electron chi connectivity index (χ4n) is 2.93. The Morgan fingerprint density at radius 2 is 2.06 bits per heavy atom. The minimum Gasteiger partial charge on any atom is -0.302 e. The van der Waals surface area contributed by atoms with E-state index in [9.17, 15) is 0 Å². The summed E-state index contributed by atoms with van der Waals surface area (Å²) in [6.45, 7) is 2.09. The van der Waals surface area contributed by atoms with Crippen LogP contribution in [0.15, 0.2) is 18.3 Å². The number of hydrogen-bond donors (Lipinski definition) is 0. The fraction of sp³-hybridized carbons (Fsp3) is 0.500. The van der Waals surface area contributed by atoms with Gasteiger partial charge in [0.05, 0.1) is 5.52 Å². The number of halogens is 1. The molecule has 2 aromatic rings. The summed E-state index contributed by atoms with van der Waals surface area (Å²) in [5.41, 5.74) is 2.28. The van der Waals surface area contributed by atoms with E-state index >= 15 is 0 Å². The summed E-state index contributed by atoms with van der Waals surface area (Å²) >= 11 is 6.27. The molecule has 90 valence electrons. The molecule has 0 N–H and O–H groups in total. The molecule has 0 spiro atoms. The summed E-state index contributed by atoms with van der Waals surface area (Å²) < 4.78 is 2.19. The Bertz CT molecular complexity index is 538. The third-order valence-electron chi connectivity index (χ3n) is 3.82. The summed E-state index contributed by atoms with van der Waals surface area (Å²) in [4.78, 5) is 4.60. The Morgan fingerprint density at radius 1 is 1.29 bits per heavy atom. The molecule has 0 amide bonds. The maximum absolute atomic E-state index is 6.27. The highest BCUT2D eigenvalue weighted by atomic mass is 35.5. The molecule has 3 rings (SSSR count). The van der Waals surface area contributed by atoms with Crippen LogP contribution in [-0.4, -0.2) is 9.38 Å². The van der Waals surface area contributed by atoms with Crippen LogP contribution >= 0.6 is 11.6 Å². The van der Waals surface area contributed by atoms with Gasteiger partial charge in [-0.15, -0.1) is 0 Å². The molecule has 1 aliphatic rings. The predicted octanol–water partition coefficient (Wildman–Crippen LogP) is 4.34. The van der Waals surface area contributed by atoms with Crippen LogP contribution in [0.4, 0.5) is 0 Å². The highest BCUT2D eigenvalue weighted by molar-refractivity contribution is 6.32. The summed E-state index contributed by atoms with van der Waals surface area (Å²) in [5.74, 6) is 1.75. The number of fused-ring (bicyclic) bond motifs is 1. The number of imidazole rings is 1. The van der Waals surface area contributed by atoms with Crippen molar-refractivity contribution >= 4 is 17.1 Å². The van der Waals surface area contributed by atoms with Crippen molar-refractivity contribution in [1.29, 1.82) is 0 Å². The normalized spacial score (nSPS) is 17.8. The molecule has 2 aromatic heterocycles. The highest BCUT2D eigenvalue weighted by Crippen LogP contribution is 2.34. The second-order valence-electron chi connectivity index (χ2n) is 5.01. The van der Waals surface area contributed by atoms with Crippen LogP contribution in [0.1, 0.15) is 49.4 Å². The van der Waals surface area contributed by atoms with Crippen LogP contribution in [0, 0.1) is 6.92 Å². The number of hydrogen-bond acceptors (Lipinski definition) is 1. The minimum absolute atomic E-state index is 0.588. The third-order valence-corrected chi connectivity index (χ3v) is 4.08. The van der Waals surface area contributed by atoms with Gasteiger partial charge in [-0.2, -0.15) is 0 Å². The molecule has 1 aliphatic carbocycles. The summed E-state index contributed by atoms with van der Waals surface area (Å²) in [5, 5.41) is 0.656. The highest BCUT2D eigenvalue weighted by Gasteiger charge is 2.21. The maximum atomic E-state index is 6.27. The van der Waals surface area contributed by atoms with E-state index in [1.807, 2.05) is 0 Å². The zero-order chi connectivity index (χ0) is 11.8. The van der Waals surface area contributed by atoms with Gasteiger partial charge in [-0.1, -0.05) is 36.9 Å². The number of aromatic nitrogens is 2. The lowest BCUT2D eigenvalue weighted by molar-refractivity contribution is 0.428. The molecule has 0 saturated heterocycles. The Labute approximate surface area is 107 Å². The number of pyridine rings is 1. The third kappa shape index (κ3) is 1.85. The van der Waals surface area contributed by atoms with Crippen molar-refractivity contribution in [3.8, 4) is 0 Å². The molecule has 0 aromatic carbocycles. The Kier molecular flexibility index (Phi) is 2.83. The second kappa shape index (κ2) is 4.34.